The van der Waals surface area contributed by atoms with Crippen LogP contribution >= 0.6 is 11.6 Å². The van der Waals surface area contributed by atoms with Crippen LogP contribution in [0, 0.1) is 13.8 Å². The summed E-state index contributed by atoms with van der Waals surface area (Å²) in [6, 6.07) is 29.4. The highest BCUT2D eigenvalue weighted by Gasteiger charge is 2.15. The summed E-state index contributed by atoms with van der Waals surface area (Å²) in [5.41, 5.74) is 8.75. The monoisotopic (exact) mass is 477 g/mol. The molecule has 0 atom stereocenters. The average Bonchev–Trinajstić information content (AvgIpc) is 2.88. The SMILES string of the molecule is Cc1ccc(-c2nc3ccc(C(=O)NCc4ccccc4Cl)cc3nc2-c2ccc(C)cc2)cc1. The van der Waals surface area contributed by atoms with Crippen LogP contribution in [0.1, 0.15) is 27.0 Å². The lowest BCUT2D eigenvalue weighted by Gasteiger charge is -2.12. The molecule has 0 aliphatic heterocycles. The van der Waals surface area contributed by atoms with Crippen LogP contribution in [0.2, 0.25) is 5.02 Å². The number of hydrogen-bond donors (Lipinski definition) is 1. The second kappa shape index (κ2) is 9.69. The summed E-state index contributed by atoms with van der Waals surface area (Å²) in [5, 5.41) is 3.57. The first kappa shape index (κ1) is 22.8. The third-order valence-electron chi connectivity index (χ3n) is 5.97. The molecule has 0 aliphatic carbocycles. The van der Waals surface area contributed by atoms with Gasteiger partial charge in [-0.3, -0.25) is 4.79 Å². The quantitative estimate of drug-likeness (QED) is 0.292. The lowest BCUT2D eigenvalue weighted by Crippen LogP contribution is -2.22. The van der Waals surface area contributed by atoms with E-state index in [9.17, 15) is 4.79 Å². The molecule has 0 bridgehead atoms. The van der Waals surface area contributed by atoms with Crippen molar-refractivity contribution in [3.05, 3.63) is 118 Å². The van der Waals surface area contributed by atoms with Gasteiger partial charge in [-0.15, -0.1) is 0 Å². The Labute approximate surface area is 209 Å². The molecule has 0 unspecified atom stereocenters. The van der Waals surface area contributed by atoms with Crippen LogP contribution in [0.15, 0.2) is 91.0 Å². The topological polar surface area (TPSA) is 54.9 Å². The molecule has 0 saturated carbocycles. The Kier molecular flexibility index (Phi) is 6.30. The van der Waals surface area contributed by atoms with Gasteiger partial charge in [0.1, 0.15) is 0 Å². The van der Waals surface area contributed by atoms with Gasteiger partial charge in [-0.1, -0.05) is 89.5 Å². The Morgan fingerprint density at radius 3 is 1.91 bits per heavy atom. The summed E-state index contributed by atoms with van der Waals surface area (Å²) < 4.78 is 0. The van der Waals surface area contributed by atoms with E-state index in [1.807, 2.05) is 30.3 Å². The zero-order valence-corrected chi connectivity index (χ0v) is 20.3. The predicted molar refractivity (Wildman–Crippen MR) is 143 cm³/mol. The van der Waals surface area contributed by atoms with Gasteiger partial charge < -0.3 is 5.32 Å². The molecule has 1 amide bonds. The number of amides is 1. The molecule has 1 N–H and O–H groups in total. The third-order valence-corrected chi connectivity index (χ3v) is 6.34. The van der Waals surface area contributed by atoms with Gasteiger partial charge in [0.25, 0.3) is 5.91 Å². The molecular weight excluding hydrogens is 454 g/mol. The van der Waals surface area contributed by atoms with E-state index >= 15 is 0 Å². The maximum absolute atomic E-state index is 12.9. The third kappa shape index (κ3) is 4.93. The number of nitrogens with one attached hydrogen (secondary N) is 1. The van der Waals surface area contributed by atoms with E-state index in [0.717, 1.165) is 33.6 Å². The van der Waals surface area contributed by atoms with Crippen LogP contribution in [0.5, 0.6) is 0 Å². The van der Waals surface area contributed by atoms with Gasteiger partial charge >= 0.3 is 0 Å². The van der Waals surface area contributed by atoms with Crippen molar-refractivity contribution in [3.8, 4) is 22.5 Å². The largest absolute Gasteiger partial charge is 0.348 e. The van der Waals surface area contributed by atoms with E-state index in [2.05, 4.69) is 67.7 Å². The molecule has 1 aromatic heterocycles. The maximum atomic E-state index is 12.9. The second-order valence-electron chi connectivity index (χ2n) is 8.63. The summed E-state index contributed by atoms with van der Waals surface area (Å²) in [5.74, 6) is -0.187. The van der Waals surface area contributed by atoms with Gasteiger partial charge in [0.15, 0.2) is 0 Å². The number of aryl methyl sites for hydroxylation is 2. The highest BCUT2D eigenvalue weighted by Crippen LogP contribution is 2.31. The molecule has 5 heteroatoms. The molecule has 172 valence electrons. The number of halogens is 1. The van der Waals surface area contributed by atoms with Crippen molar-refractivity contribution in [1.82, 2.24) is 15.3 Å². The van der Waals surface area contributed by atoms with Crippen LogP contribution in [-0.4, -0.2) is 15.9 Å². The predicted octanol–water partition coefficient (Wildman–Crippen LogP) is 7.16. The van der Waals surface area contributed by atoms with Gasteiger partial charge in [-0.25, -0.2) is 9.97 Å². The molecule has 4 aromatic carbocycles. The first-order chi connectivity index (χ1) is 17.0. The molecule has 0 aliphatic rings. The summed E-state index contributed by atoms with van der Waals surface area (Å²) in [7, 11) is 0. The van der Waals surface area contributed by atoms with Crippen molar-refractivity contribution >= 4 is 28.5 Å². The van der Waals surface area contributed by atoms with Crippen LogP contribution < -0.4 is 5.32 Å². The minimum absolute atomic E-state index is 0.187. The molecule has 4 nitrogen and oxygen atoms in total. The van der Waals surface area contributed by atoms with Gasteiger partial charge in [-0.05, 0) is 43.7 Å². The Hall–Kier alpha value is -4.02. The Bertz CT molecular complexity index is 1530. The van der Waals surface area contributed by atoms with Crippen molar-refractivity contribution in [2.24, 2.45) is 0 Å². The average molecular weight is 478 g/mol. The number of carbonyl (C=O) groups excluding carboxylic acids is 1. The zero-order chi connectivity index (χ0) is 24.4. The normalized spacial score (nSPS) is 10.9. The number of fused-ring (bicyclic) bond motifs is 1. The number of nitrogens with zero attached hydrogens (tertiary/aromatic N) is 2. The molecule has 1 heterocycles. The fraction of sp³-hybridized carbons (Fsp3) is 0.100. The van der Waals surface area contributed by atoms with Crippen LogP contribution in [0.4, 0.5) is 0 Å². The number of hydrogen-bond acceptors (Lipinski definition) is 3. The van der Waals surface area contributed by atoms with E-state index < -0.39 is 0 Å². The van der Waals surface area contributed by atoms with Crippen molar-refractivity contribution in [2.75, 3.05) is 0 Å². The van der Waals surface area contributed by atoms with Gasteiger partial charge in [0, 0.05) is 28.3 Å². The Morgan fingerprint density at radius 2 is 1.31 bits per heavy atom. The minimum Gasteiger partial charge on any atom is -0.348 e. The van der Waals surface area contributed by atoms with Gasteiger partial charge in [-0.2, -0.15) is 0 Å². The van der Waals surface area contributed by atoms with E-state index in [-0.39, 0.29) is 5.91 Å². The molecule has 0 spiro atoms. The smallest absolute Gasteiger partial charge is 0.251 e. The highest BCUT2D eigenvalue weighted by molar-refractivity contribution is 6.31. The summed E-state index contributed by atoms with van der Waals surface area (Å²) in [4.78, 5) is 22.8. The van der Waals surface area contributed by atoms with Crippen LogP contribution in [-0.2, 0) is 6.54 Å². The first-order valence-electron chi connectivity index (χ1n) is 11.5. The number of carbonyl (C=O) groups is 1. The molecule has 0 radical (unpaired) electrons. The summed E-state index contributed by atoms with van der Waals surface area (Å²) in [6.45, 7) is 4.47. The van der Waals surface area contributed by atoms with E-state index in [1.165, 1.54) is 11.1 Å². The maximum Gasteiger partial charge on any atom is 0.251 e. The molecule has 0 fully saturated rings. The Morgan fingerprint density at radius 1 is 0.743 bits per heavy atom. The van der Waals surface area contributed by atoms with Crippen LogP contribution in [0.3, 0.4) is 0 Å². The molecule has 0 saturated heterocycles. The molecule has 5 rings (SSSR count). The van der Waals surface area contributed by atoms with Crippen molar-refractivity contribution in [1.29, 1.82) is 0 Å². The highest BCUT2D eigenvalue weighted by atomic mass is 35.5. The summed E-state index contributed by atoms with van der Waals surface area (Å²) >= 11 is 6.22. The van der Waals surface area contributed by atoms with Gasteiger partial charge in [0.2, 0.25) is 0 Å². The molecule has 35 heavy (non-hydrogen) atoms. The number of aromatic nitrogens is 2. The van der Waals surface area contributed by atoms with Gasteiger partial charge in [0.05, 0.1) is 22.4 Å². The van der Waals surface area contributed by atoms with E-state index in [0.29, 0.717) is 22.6 Å². The zero-order valence-electron chi connectivity index (χ0n) is 19.5. The molecular formula is C30H24ClN3O. The standard InChI is InChI=1S/C30H24ClN3O/c1-19-7-11-21(12-8-19)28-29(22-13-9-20(2)10-14-22)34-27-17-23(15-16-26(27)33-28)30(35)32-18-24-5-3-4-6-25(24)31/h3-17H,18H2,1-2H3,(H,32,35). The minimum atomic E-state index is -0.187. The lowest BCUT2D eigenvalue weighted by atomic mass is 10.0. The number of benzene rings is 4. The van der Waals surface area contributed by atoms with E-state index in [1.54, 1.807) is 12.1 Å². The van der Waals surface area contributed by atoms with Crippen molar-refractivity contribution in [3.63, 3.8) is 0 Å². The fourth-order valence-corrected chi connectivity index (χ4v) is 4.14. The Balaban J connectivity index is 1.54. The second-order valence-corrected chi connectivity index (χ2v) is 9.04. The van der Waals surface area contributed by atoms with Crippen molar-refractivity contribution in [2.45, 2.75) is 20.4 Å². The van der Waals surface area contributed by atoms with Crippen LogP contribution in [0.25, 0.3) is 33.5 Å². The first-order valence-corrected chi connectivity index (χ1v) is 11.8. The lowest BCUT2D eigenvalue weighted by molar-refractivity contribution is 0.0951. The fourth-order valence-electron chi connectivity index (χ4n) is 3.94. The number of rotatable bonds is 5. The van der Waals surface area contributed by atoms with E-state index in [4.69, 9.17) is 21.6 Å². The van der Waals surface area contributed by atoms with Crippen molar-refractivity contribution < 1.29 is 4.79 Å². The molecule has 5 aromatic rings. The summed E-state index contributed by atoms with van der Waals surface area (Å²) in [6.07, 6.45) is 0.